The molecule has 0 spiro atoms. The van der Waals surface area contributed by atoms with Crippen LogP contribution in [0, 0.1) is 5.92 Å². The van der Waals surface area contributed by atoms with Crippen molar-refractivity contribution in [1.82, 2.24) is 14.9 Å². The van der Waals surface area contributed by atoms with Crippen molar-refractivity contribution in [1.29, 1.82) is 0 Å². The van der Waals surface area contributed by atoms with E-state index in [9.17, 15) is 0 Å². The van der Waals surface area contributed by atoms with Gasteiger partial charge < -0.3 is 5.43 Å². The van der Waals surface area contributed by atoms with Gasteiger partial charge in [-0.2, -0.15) is 0 Å². The van der Waals surface area contributed by atoms with Crippen LogP contribution in [0.25, 0.3) is 0 Å². The summed E-state index contributed by atoms with van der Waals surface area (Å²) < 4.78 is 0. The first kappa shape index (κ1) is 13.9. The molecule has 0 fully saturated rings. The highest BCUT2D eigenvalue weighted by Gasteiger charge is 2.08. The van der Waals surface area contributed by atoms with E-state index in [1.54, 1.807) is 12.4 Å². The molecule has 0 aliphatic heterocycles. The van der Waals surface area contributed by atoms with Gasteiger partial charge in [0.25, 0.3) is 0 Å². The number of nitrogens with two attached hydrogens (primary N) is 1. The molecule has 3 N–H and O–H groups in total. The number of hydrogen-bond donors (Lipinski definition) is 2. The Hall–Kier alpha value is -1.20. The number of hydrogen-bond acceptors (Lipinski definition) is 5. The Morgan fingerprint density at radius 3 is 2.59 bits per heavy atom. The molecule has 5 nitrogen and oxygen atoms in total. The average Bonchev–Trinajstić information content (AvgIpc) is 2.38. The zero-order chi connectivity index (χ0) is 12.7. The number of nitrogens with one attached hydrogen (secondary N) is 1. The van der Waals surface area contributed by atoms with Gasteiger partial charge in [0.15, 0.2) is 5.82 Å². The van der Waals surface area contributed by atoms with Crippen molar-refractivity contribution in [3.05, 3.63) is 18.1 Å². The van der Waals surface area contributed by atoms with Gasteiger partial charge in [0, 0.05) is 13.1 Å². The standard InChI is InChI=1S/C12H23N5/c1-4-10(3)8-17(5-2)9-11-6-15-12(16-13)7-14-11/h6-7,10H,4-5,8-9,13H2,1-3H3,(H,15,16). The minimum atomic E-state index is 0.596. The summed E-state index contributed by atoms with van der Waals surface area (Å²) in [5.41, 5.74) is 3.46. The van der Waals surface area contributed by atoms with E-state index in [1.165, 1.54) is 6.42 Å². The Labute approximate surface area is 103 Å². The summed E-state index contributed by atoms with van der Waals surface area (Å²) in [4.78, 5) is 10.9. The molecular weight excluding hydrogens is 214 g/mol. The molecule has 0 aliphatic carbocycles. The van der Waals surface area contributed by atoms with Crippen molar-refractivity contribution >= 4 is 5.82 Å². The summed E-state index contributed by atoms with van der Waals surface area (Å²) in [6.45, 7) is 9.65. The van der Waals surface area contributed by atoms with Gasteiger partial charge in [-0.05, 0) is 12.5 Å². The van der Waals surface area contributed by atoms with Crippen molar-refractivity contribution in [2.75, 3.05) is 18.5 Å². The third-order valence-electron chi connectivity index (χ3n) is 2.95. The molecule has 1 unspecified atom stereocenters. The Balaban J connectivity index is 2.54. The molecule has 1 rings (SSSR count). The molecule has 0 amide bonds. The zero-order valence-electron chi connectivity index (χ0n) is 11.0. The lowest BCUT2D eigenvalue weighted by Gasteiger charge is -2.23. The molecule has 0 bridgehead atoms. The van der Waals surface area contributed by atoms with Crippen molar-refractivity contribution < 1.29 is 0 Å². The van der Waals surface area contributed by atoms with Gasteiger partial charge in [-0.15, -0.1) is 0 Å². The Morgan fingerprint density at radius 2 is 2.12 bits per heavy atom. The SMILES string of the molecule is CCC(C)CN(CC)Cc1cnc(NN)cn1. The first-order chi connectivity index (χ1) is 8.19. The van der Waals surface area contributed by atoms with E-state index >= 15 is 0 Å². The lowest BCUT2D eigenvalue weighted by atomic mass is 10.1. The van der Waals surface area contributed by atoms with Gasteiger partial charge in [0.2, 0.25) is 0 Å². The molecule has 1 aromatic rings. The van der Waals surface area contributed by atoms with Crippen molar-refractivity contribution in [3.63, 3.8) is 0 Å². The first-order valence-electron chi connectivity index (χ1n) is 6.19. The van der Waals surface area contributed by atoms with E-state index in [0.717, 1.165) is 25.3 Å². The highest BCUT2D eigenvalue weighted by Crippen LogP contribution is 2.08. The summed E-state index contributed by atoms with van der Waals surface area (Å²) in [5, 5.41) is 0. The molecule has 0 saturated heterocycles. The minimum absolute atomic E-state index is 0.596. The quantitative estimate of drug-likeness (QED) is 0.557. The second-order valence-corrected chi connectivity index (χ2v) is 4.38. The van der Waals surface area contributed by atoms with Crippen LogP contribution in [0.4, 0.5) is 5.82 Å². The van der Waals surface area contributed by atoms with E-state index in [-0.39, 0.29) is 0 Å². The van der Waals surface area contributed by atoms with Gasteiger partial charge in [0.1, 0.15) is 0 Å². The number of rotatable bonds is 7. The van der Waals surface area contributed by atoms with E-state index in [1.807, 2.05) is 0 Å². The van der Waals surface area contributed by atoms with E-state index in [0.29, 0.717) is 11.7 Å². The molecule has 1 atom stereocenters. The smallest absolute Gasteiger partial charge is 0.158 e. The van der Waals surface area contributed by atoms with Crippen LogP contribution in [0.15, 0.2) is 12.4 Å². The molecule has 0 saturated carbocycles. The highest BCUT2D eigenvalue weighted by molar-refractivity contribution is 5.28. The maximum Gasteiger partial charge on any atom is 0.158 e. The van der Waals surface area contributed by atoms with Crippen LogP contribution in [-0.4, -0.2) is 28.0 Å². The fourth-order valence-electron chi connectivity index (χ4n) is 1.62. The summed E-state index contributed by atoms with van der Waals surface area (Å²) in [7, 11) is 0. The van der Waals surface area contributed by atoms with Crippen LogP contribution in [-0.2, 0) is 6.54 Å². The maximum absolute atomic E-state index is 5.25. The second-order valence-electron chi connectivity index (χ2n) is 4.38. The fourth-order valence-corrected chi connectivity index (χ4v) is 1.62. The number of anilines is 1. The monoisotopic (exact) mass is 237 g/mol. The van der Waals surface area contributed by atoms with E-state index in [4.69, 9.17) is 5.84 Å². The summed E-state index contributed by atoms with van der Waals surface area (Å²) in [6, 6.07) is 0. The summed E-state index contributed by atoms with van der Waals surface area (Å²) in [5.74, 6) is 6.56. The lowest BCUT2D eigenvalue weighted by Crippen LogP contribution is -2.28. The van der Waals surface area contributed by atoms with Gasteiger partial charge in [-0.3, -0.25) is 9.88 Å². The van der Waals surface area contributed by atoms with Crippen LogP contribution in [0.3, 0.4) is 0 Å². The summed E-state index contributed by atoms with van der Waals surface area (Å²) >= 11 is 0. The molecule has 17 heavy (non-hydrogen) atoms. The average molecular weight is 237 g/mol. The van der Waals surface area contributed by atoms with Crippen molar-refractivity contribution in [2.24, 2.45) is 11.8 Å². The van der Waals surface area contributed by atoms with Gasteiger partial charge >= 0.3 is 0 Å². The van der Waals surface area contributed by atoms with Crippen LogP contribution in [0.1, 0.15) is 32.9 Å². The summed E-state index contributed by atoms with van der Waals surface area (Å²) in [6.07, 6.45) is 4.64. The largest absolute Gasteiger partial charge is 0.307 e. The second kappa shape index (κ2) is 7.19. The van der Waals surface area contributed by atoms with Crippen LogP contribution in [0.5, 0.6) is 0 Å². The van der Waals surface area contributed by atoms with Gasteiger partial charge in [-0.1, -0.05) is 27.2 Å². The molecule has 1 aromatic heterocycles. The van der Waals surface area contributed by atoms with Crippen molar-refractivity contribution in [2.45, 2.75) is 33.7 Å². The number of aromatic nitrogens is 2. The Bertz CT molecular complexity index is 311. The zero-order valence-corrected chi connectivity index (χ0v) is 11.0. The number of hydrazine groups is 1. The molecule has 1 heterocycles. The van der Waals surface area contributed by atoms with E-state index < -0.39 is 0 Å². The molecule has 5 heteroatoms. The topological polar surface area (TPSA) is 67.1 Å². The van der Waals surface area contributed by atoms with E-state index in [2.05, 4.69) is 41.1 Å². The highest BCUT2D eigenvalue weighted by atomic mass is 15.3. The Kier molecular flexibility index (Phi) is 5.86. The minimum Gasteiger partial charge on any atom is -0.307 e. The predicted molar refractivity (Wildman–Crippen MR) is 70.2 cm³/mol. The molecule has 0 radical (unpaired) electrons. The van der Waals surface area contributed by atoms with Crippen LogP contribution in [0.2, 0.25) is 0 Å². The lowest BCUT2D eigenvalue weighted by molar-refractivity contribution is 0.235. The van der Waals surface area contributed by atoms with Crippen molar-refractivity contribution in [3.8, 4) is 0 Å². The van der Waals surface area contributed by atoms with Crippen LogP contribution < -0.4 is 11.3 Å². The predicted octanol–water partition coefficient (Wildman–Crippen LogP) is 1.63. The number of nitrogens with zero attached hydrogens (tertiary/aromatic N) is 3. The van der Waals surface area contributed by atoms with Gasteiger partial charge in [0.05, 0.1) is 18.1 Å². The fraction of sp³-hybridized carbons (Fsp3) is 0.667. The third-order valence-corrected chi connectivity index (χ3v) is 2.95. The first-order valence-corrected chi connectivity index (χ1v) is 6.19. The third kappa shape index (κ3) is 4.66. The Morgan fingerprint density at radius 1 is 1.35 bits per heavy atom. The number of nitrogen functional groups attached to an aromatic ring is 1. The molecule has 0 aliphatic rings. The van der Waals surface area contributed by atoms with Crippen LogP contribution >= 0.6 is 0 Å². The molecule has 0 aromatic carbocycles. The maximum atomic E-state index is 5.25. The normalized spacial score (nSPS) is 12.8. The van der Waals surface area contributed by atoms with Gasteiger partial charge in [-0.25, -0.2) is 10.8 Å². The molecule has 96 valence electrons. The molecular formula is C12H23N5.